The van der Waals surface area contributed by atoms with Gasteiger partial charge in [0.1, 0.15) is 12.4 Å². The topological polar surface area (TPSA) is 111 Å². The molecule has 1 atom stereocenters. The number of benzene rings is 2. The van der Waals surface area contributed by atoms with Crippen molar-refractivity contribution in [2.75, 3.05) is 27.4 Å². The second-order valence-corrected chi connectivity index (χ2v) is 8.35. The summed E-state index contributed by atoms with van der Waals surface area (Å²) in [5.41, 5.74) is 2.84. The highest BCUT2D eigenvalue weighted by molar-refractivity contribution is 6.21. The molecule has 0 fully saturated rings. The number of nitrogens with zero attached hydrogens (tertiary/aromatic N) is 1. The molecule has 1 N–H and O–H groups in total. The summed E-state index contributed by atoms with van der Waals surface area (Å²) in [5.74, 6) is -2.34. The molecular formula is C27H26N2O7. The highest BCUT2D eigenvalue weighted by Gasteiger charge is 2.39. The number of dihydropyridines is 1. The van der Waals surface area contributed by atoms with Crippen molar-refractivity contribution in [1.82, 2.24) is 10.2 Å². The first-order chi connectivity index (χ1) is 17.3. The molecule has 0 spiro atoms. The number of nitrogens with one attached hydrogen (secondary N) is 1. The zero-order valence-corrected chi connectivity index (χ0v) is 20.4. The summed E-state index contributed by atoms with van der Waals surface area (Å²) in [6.45, 7) is 3.14. The smallest absolute Gasteiger partial charge is 0.336 e. The second kappa shape index (κ2) is 10.1. The number of methoxy groups -OCH3 is 2. The van der Waals surface area contributed by atoms with Crippen LogP contribution in [0, 0.1) is 0 Å². The molecule has 0 radical (unpaired) electrons. The number of esters is 2. The van der Waals surface area contributed by atoms with E-state index in [0.717, 1.165) is 4.90 Å². The summed E-state index contributed by atoms with van der Waals surface area (Å²) in [6.07, 6.45) is 0. The fourth-order valence-electron chi connectivity index (χ4n) is 4.55. The molecule has 9 heteroatoms. The van der Waals surface area contributed by atoms with Gasteiger partial charge in [-0.2, -0.15) is 0 Å². The first kappa shape index (κ1) is 24.7. The predicted molar refractivity (Wildman–Crippen MR) is 129 cm³/mol. The maximum atomic E-state index is 13.4. The molecular weight excluding hydrogens is 464 g/mol. The van der Waals surface area contributed by atoms with Crippen molar-refractivity contribution in [3.8, 4) is 5.75 Å². The third-order valence-corrected chi connectivity index (χ3v) is 6.24. The van der Waals surface area contributed by atoms with Crippen LogP contribution in [0.25, 0.3) is 0 Å². The summed E-state index contributed by atoms with van der Waals surface area (Å²) in [6, 6.07) is 13.6. The van der Waals surface area contributed by atoms with E-state index < -0.39 is 29.7 Å². The van der Waals surface area contributed by atoms with Crippen LogP contribution < -0.4 is 10.1 Å². The van der Waals surface area contributed by atoms with Crippen LogP contribution in [0.2, 0.25) is 0 Å². The van der Waals surface area contributed by atoms with E-state index in [1.54, 1.807) is 62.4 Å². The molecule has 2 aromatic carbocycles. The summed E-state index contributed by atoms with van der Waals surface area (Å²) in [7, 11) is 2.80. The number of carbonyl (C=O) groups excluding carboxylic acids is 4. The minimum absolute atomic E-state index is 0.0968. The quantitative estimate of drug-likeness (QED) is 0.466. The number of carbonyl (C=O) groups is 4. The van der Waals surface area contributed by atoms with Crippen molar-refractivity contribution in [1.29, 1.82) is 0 Å². The largest absolute Gasteiger partial charge is 0.497 e. The van der Waals surface area contributed by atoms with Crippen molar-refractivity contribution in [2.45, 2.75) is 19.8 Å². The molecule has 2 aromatic rings. The summed E-state index contributed by atoms with van der Waals surface area (Å²) >= 11 is 0. The SMILES string of the molecule is COC(=O)C1=C(C)NC(C)=C(C(=O)OCCN2C(=O)c3ccccc3C2=O)C1c1cccc(OC)c1. The second-order valence-electron chi connectivity index (χ2n) is 8.35. The molecule has 186 valence electrons. The van der Waals surface area contributed by atoms with Crippen LogP contribution in [0.5, 0.6) is 5.75 Å². The van der Waals surface area contributed by atoms with Crippen molar-refractivity contribution in [3.05, 3.63) is 87.8 Å². The molecule has 2 amide bonds. The zero-order valence-electron chi connectivity index (χ0n) is 20.4. The first-order valence-electron chi connectivity index (χ1n) is 11.3. The first-order valence-corrected chi connectivity index (χ1v) is 11.3. The lowest BCUT2D eigenvalue weighted by atomic mass is 9.80. The van der Waals surface area contributed by atoms with E-state index >= 15 is 0 Å². The van der Waals surface area contributed by atoms with Gasteiger partial charge in [0.25, 0.3) is 11.8 Å². The van der Waals surface area contributed by atoms with Crippen LogP contribution in [0.3, 0.4) is 0 Å². The summed E-state index contributed by atoms with van der Waals surface area (Å²) in [5, 5.41) is 3.07. The Morgan fingerprint density at radius 3 is 2.08 bits per heavy atom. The van der Waals surface area contributed by atoms with Crippen LogP contribution in [0.1, 0.15) is 46.0 Å². The predicted octanol–water partition coefficient (Wildman–Crippen LogP) is 2.94. The van der Waals surface area contributed by atoms with Gasteiger partial charge in [0.2, 0.25) is 0 Å². The lowest BCUT2D eigenvalue weighted by Crippen LogP contribution is -2.35. The third-order valence-electron chi connectivity index (χ3n) is 6.24. The Balaban J connectivity index is 1.58. The maximum absolute atomic E-state index is 13.4. The minimum atomic E-state index is -0.777. The van der Waals surface area contributed by atoms with E-state index in [0.29, 0.717) is 33.8 Å². The molecule has 0 aliphatic carbocycles. The van der Waals surface area contributed by atoms with E-state index in [1.807, 2.05) is 0 Å². The molecule has 1 unspecified atom stereocenters. The lowest BCUT2D eigenvalue weighted by molar-refractivity contribution is -0.139. The van der Waals surface area contributed by atoms with Crippen LogP contribution >= 0.6 is 0 Å². The van der Waals surface area contributed by atoms with Gasteiger partial charge >= 0.3 is 11.9 Å². The Labute approximate surface area is 208 Å². The van der Waals surface area contributed by atoms with Crippen LogP contribution in [0.4, 0.5) is 0 Å². The molecule has 0 bridgehead atoms. The number of amides is 2. The lowest BCUT2D eigenvalue weighted by Gasteiger charge is -2.30. The third kappa shape index (κ3) is 4.35. The fourth-order valence-corrected chi connectivity index (χ4v) is 4.55. The van der Waals surface area contributed by atoms with Crippen LogP contribution in [0.15, 0.2) is 71.1 Å². The zero-order chi connectivity index (χ0) is 26.0. The Kier molecular flexibility index (Phi) is 6.91. The molecule has 0 saturated carbocycles. The van der Waals surface area contributed by atoms with Gasteiger partial charge in [-0.05, 0) is 43.7 Å². The molecule has 9 nitrogen and oxygen atoms in total. The number of fused-ring (bicyclic) bond motifs is 1. The van der Waals surface area contributed by atoms with Gasteiger partial charge < -0.3 is 19.5 Å². The number of allylic oxidation sites excluding steroid dienone is 2. The van der Waals surface area contributed by atoms with E-state index in [1.165, 1.54) is 14.2 Å². The van der Waals surface area contributed by atoms with Crippen molar-refractivity contribution >= 4 is 23.8 Å². The Bertz CT molecular complexity index is 1290. The monoisotopic (exact) mass is 490 g/mol. The van der Waals surface area contributed by atoms with E-state index in [9.17, 15) is 19.2 Å². The van der Waals surface area contributed by atoms with Gasteiger partial charge in [0.15, 0.2) is 0 Å². The fraction of sp³-hybridized carbons (Fsp3) is 0.259. The van der Waals surface area contributed by atoms with Gasteiger partial charge in [0, 0.05) is 11.4 Å². The maximum Gasteiger partial charge on any atom is 0.336 e. The summed E-state index contributed by atoms with van der Waals surface area (Å²) < 4.78 is 15.9. The number of hydrogen-bond acceptors (Lipinski definition) is 8. The highest BCUT2D eigenvalue weighted by Crippen LogP contribution is 2.40. The van der Waals surface area contributed by atoms with Crippen molar-refractivity contribution in [2.24, 2.45) is 0 Å². The highest BCUT2D eigenvalue weighted by atomic mass is 16.5. The van der Waals surface area contributed by atoms with Gasteiger partial charge in [0.05, 0.1) is 49.0 Å². The molecule has 2 aliphatic heterocycles. The Hall–Kier alpha value is -4.40. The van der Waals surface area contributed by atoms with Gasteiger partial charge in [-0.3, -0.25) is 14.5 Å². The molecule has 0 aromatic heterocycles. The normalized spacial score (nSPS) is 17.1. The van der Waals surface area contributed by atoms with Crippen LogP contribution in [-0.4, -0.2) is 56.0 Å². The summed E-state index contributed by atoms with van der Waals surface area (Å²) in [4.78, 5) is 52.4. The Morgan fingerprint density at radius 1 is 0.889 bits per heavy atom. The molecule has 0 saturated heterocycles. The number of rotatable bonds is 7. The molecule has 2 heterocycles. The van der Waals surface area contributed by atoms with Gasteiger partial charge in [-0.25, -0.2) is 9.59 Å². The van der Waals surface area contributed by atoms with E-state index in [-0.39, 0.29) is 24.3 Å². The van der Waals surface area contributed by atoms with E-state index in [2.05, 4.69) is 5.32 Å². The number of hydrogen-bond donors (Lipinski definition) is 1. The van der Waals surface area contributed by atoms with Crippen LogP contribution in [-0.2, 0) is 19.1 Å². The van der Waals surface area contributed by atoms with Gasteiger partial charge in [-0.1, -0.05) is 24.3 Å². The number of imide groups is 1. The minimum Gasteiger partial charge on any atom is -0.497 e. The average molecular weight is 491 g/mol. The number of ether oxygens (including phenoxy) is 3. The van der Waals surface area contributed by atoms with Crippen molar-refractivity contribution < 1.29 is 33.4 Å². The molecule has 2 aliphatic rings. The standard InChI is InChI=1S/C27H26N2O7/c1-15-21(26(32)35-4)23(17-8-7-9-18(14-17)34-3)22(16(2)28-15)27(33)36-13-12-29-24(30)19-10-5-6-11-20(19)25(29)31/h5-11,14,23,28H,12-13H2,1-4H3. The van der Waals surface area contributed by atoms with E-state index in [4.69, 9.17) is 14.2 Å². The Morgan fingerprint density at radius 2 is 1.50 bits per heavy atom. The molecule has 36 heavy (non-hydrogen) atoms. The van der Waals surface area contributed by atoms with Crippen molar-refractivity contribution in [3.63, 3.8) is 0 Å². The average Bonchev–Trinajstić information content (AvgIpc) is 3.12. The van der Waals surface area contributed by atoms with Gasteiger partial charge in [-0.15, -0.1) is 0 Å². The molecule has 4 rings (SSSR count).